The zero-order chi connectivity index (χ0) is 51.8. The number of fused-ring (bicyclic) bond motifs is 5. The molecule has 0 bridgehead atoms. The van der Waals surface area contributed by atoms with Crippen molar-refractivity contribution in [3.63, 3.8) is 0 Å². The maximum atomic E-state index is 13.6. The Bertz CT molecular complexity index is 1720. The predicted octanol–water partition coefficient (Wildman–Crippen LogP) is 8.00. The molecule has 10 atom stereocenters. The molecule has 80 heavy (non-hydrogen) atoms. The summed E-state index contributed by atoms with van der Waals surface area (Å²) in [5, 5.41) is 31.8. The number of nitrogens with one attached hydrogen (secondary N) is 8. The molecule has 3 saturated carbocycles. The Morgan fingerprint density at radius 1 is 0.625 bits per heavy atom. The number of rotatable bonds is 34. The second kappa shape index (κ2) is 45.8. The van der Waals surface area contributed by atoms with Crippen LogP contribution in [0.3, 0.4) is 0 Å². The Labute approximate surface area is 491 Å². The molecule has 6 amide bonds. The van der Waals surface area contributed by atoms with Crippen LogP contribution in [-0.2, 0) is 33.5 Å². The molecule has 3 fully saturated rings. The van der Waals surface area contributed by atoms with Crippen molar-refractivity contribution in [1.29, 1.82) is 0 Å². The first kappa shape index (κ1) is 87.6. The quantitative estimate of drug-likeness (QED) is 0.0216. The molecule has 4 rings (SSSR count). The number of carbonyl (C=O) groups excluding carboxylic acids is 6. The highest BCUT2D eigenvalue weighted by Gasteiger charge is 2.59. The molecule has 4 aliphatic carbocycles. The number of hydrogen-bond donors (Lipinski definition) is 11. The van der Waals surface area contributed by atoms with Gasteiger partial charge >= 0.3 is 0 Å². The number of ether oxygens (including phenoxy) is 1. The average molecular weight is 1150 g/mol. The van der Waals surface area contributed by atoms with Gasteiger partial charge in [0.1, 0.15) is 12.1 Å². The smallest absolute Gasteiger partial charge is 0.243 e. The third-order valence-electron chi connectivity index (χ3n) is 16.4. The fourth-order valence-corrected chi connectivity index (χ4v) is 12.6. The van der Waals surface area contributed by atoms with Gasteiger partial charge in [0.05, 0.1) is 12.8 Å². The first-order valence-electron chi connectivity index (χ1n) is 27.5. The van der Waals surface area contributed by atoms with Crippen LogP contribution in [0.2, 0.25) is 0 Å². The highest BCUT2D eigenvalue weighted by atomic mass is 16.5. The molecule has 10 unspecified atom stereocenters. The van der Waals surface area contributed by atoms with Crippen molar-refractivity contribution in [2.75, 3.05) is 78.7 Å². The first-order valence-corrected chi connectivity index (χ1v) is 27.5. The van der Waals surface area contributed by atoms with Gasteiger partial charge in [-0.05, 0) is 111 Å². The fourth-order valence-electron chi connectivity index (χ4n) is 12.6. The Kier molecular flexibility index (Phi) is 50.1. The van der Waals surface area contributed by atoms with Gasteiger partial charge in [-0.15, -0.1) is 0 Å². The van der Waals surface area contributed by atoms with E-state index in [2.05, 4.69) is 83.2 Å². The van der Waals surface area contributed by atoms with E-state index in [9.17, 15) is 28.8 Å². The predicted molar refractivity (Wildman–Crippen MR) is 338 cm³/mol. The second-order valence-corrected chi connectivity index (χ2v) is 22.0. The molecule has 478 valence electrons. The molecule has 4 aliphatic rings. The molecular weight excluding hydrogens is 1010 g/mol. The van der Waals surface area contributed by atoms with Crippen molar-refractivity contribution in [3.8, 4) is 0 Å². The molecule has 18 heteroatoms. The minimum atomic E-state index is -1.33. The van der Waals surface area contributed by atoms with Crippen LogP contribution in [0, 0.1) is 46.3 Å². The Hall–Kier alpha value is -3.68. The van der Waals surface area contributed by atoms with Crippen LogP contribution in [0.5, 0.6) is 0 Å². The minimum absolute atomic E-state index is 0. The Morgan fingerprint density at radius 3 is 1.79 bits per heavy atom. The van der Waals surface area contributed by atoms with E-state index in [4.69, 9.17) is 21.3 Å². The van der Waals surface area contributed by atoms with Crippen molar-refractivity contribution in [2.45, 2.75) is 229 Å². The summed E-state index contributed by atoms with van der Waals surface area (Å²) in [6.45, 7) is 16.5. The largest absolute Gasteiger partial charge is 0.396 e. The van der Waals surface area contributed by atoms with Gasteiger partial charge in [0.15, 0.2) is 0 Å². The number of carbonyl (C=O) groups is 6. The summed E-state index contributed by atoms with van der Waals surface area (Å²) in [5.41, 5.74) is 13.1. The molecule has 0 radical (unpaired) electrons. The van der Waals surface area contributed by atoms with E-state index in [1.165, 1.54) is 50.5 Å². The van der Waals surface area contributed by atoms with Crippen LogP contribution in [0.4, 0.5) is 0 Å². The number of aliphatic hydroxyl groups excluding tert-OH is 1. The maximum Gasteiger partial charge on any atom is 0.243 e. The highest BCUT2D eigenvalue weighted by molar-refractivity contribution is 5.95. The highest BCUT2D eigenvalue weighted by Crippen LogP contribution is 2.67. The number of amides is 6. The van der Waals surface area contributed by atoms with E-state index < -0.39 is 48.0 Å². The lowest BCUT2D eigenvalue weighted by atomic mass is 9.47. The van der Waals surface area contributed by atoms with Crippen LogP contribution in [0.1, 0.15) is 211 Å². The summed E-state index contributed by atoms with van der Waals surface area (Å²) in [4.78, 5) is 80.1. The zero-order valence-corrected chi connectivity index (χ0v) is 44.2. The summed E-state index contributed by atoms with van der Waals surface area (Å²) < 4.78 is 5.43. The van der Waals surface area contributed by atoms with Gasteiger partial charge in [0.25, 0.3) is 0 Å². The van der Waals surface area contributed by atoms with E-state index >= 15 is 0 Å². The van der Waals surface area contributed by atoms with Crippen molar-refractivity contribution >= 4 is 35.4 Å². The van der Waals surface area contributed by atoms with Crippen LogP contribution in [0.25, 0.3) is 0 Å². The van der Waals surface area contributed by atoms with Gasteiger partial charge in [0.2, 0.25) is 35.4 Å². The summed E-state index contributed by atoms with van der Waals surface area (Å²) in [6, 6.07) is -2.62. The average Bonchev–Trinajstić information content (AvgIpc) is 3.69. The SMILES string of the molecule is C.C.C.C.C.C.C.C.C.CC(C)CCCC(C)C1CCC2C3CC=C4CC(NC(=O)CCC(=O)NC(CC(=O)NC(CC(=O)NCCNCCN)C(=O)NCCCOCCCO)C(=O)NCCNCCN)CCC4(C)C3CCC12C. The molecule has 0 aromatic heterocycles. The van der Waals surface area contributed by atoms with Gasteiger partial charge in [0, 0.05) is 97.6 Å². The van der Waals surface area contributed by atoms with Gasteiger partial charge in [-0.2, -0.15) is 0 Å². The van der Waals surface area contributed by atoms with Crippen LogP contribution in [-0.4, -0.2) is 137 Å². The van der Waals surface area contributed by atoms with Crippen LogP contribution < -0.4 is 54.0 Å². The zero-order valence-electron chi connectivity index (χ0n) is 44.2. The van der Waals surface area contributed by atoms with E-state index in [1.54, 1.807) is 0 Å². The molecule has 13 N–H and O–H groups in total. The Morgan fingerprint density at radius 2 is 1.19 bits per heavy atom. The van der Waals surface area contributed by atoms with E-state index in [0.717, 1.165) is 55.3 Å². The summed E-state index contributed by atoms with van der Waals surface area (Å²) in [7, 11) is 0. The van der Waals surface area contributed by atoms with Crippen LogP contribution >= 0.6 is 0 Å². The van der Waals surface area contributed by atoms with Crippen molar-refractivity contribution in [1.82, 2.24) is 42.5 Å². The standard InChI is InChI=1S/C53H96N10O8.9CH4/c1-36(2)9-6-10-37(3)41-13-14-42-40-12-11-38-33-39(17-19-52(38,4)43(40)18-20-53(41,42)5)61-46(65)15-16-47(66)62-45(51(70)60-29-27-57-25-22-55)35-49(68)63-44(34-48(67)58-28-26-56-24-21-54)50(69)59-23-7-31-71-32-8-30-64;;;;;;;;;/h11,36-37,39-45,56-57,64H,6-10,12-35,54-55H2,1-5H3,(H,58,67)(H,59,69)(H,60,70)(H,61,65)(H,62,66)(H,63,68);9*1H4. The lowest BCUT2D eigenvalue weighted by Gasteiger charge is -2.58. The third-order valence-corrected chi connectivity index (χ3v) is 16.4. The topological polar surface area (TPSA) is 280 Å². The number of allylic oxidation sites excluding steroid dienone is 1. The van der Waals surface area contributed by atoms with Gasteiger partial charge in [-0.25, -0.2) is 0 Å². The number of hydrogen-bond acceptors (Lipinski definition) is 12. The molecule has 18 nitrogen and oxygen atoms in total. The third kappa shape index (κ3) is 27.6. The molecule has 0 heterocycles. The summed E-state index contributed by atoms with van der Waals surface area (Å²) in [6.07, 6.45) is 15.5. The van der Waals surface area contributed by atoms with Crippen molar-refractivity contribution < 1.29 is 38.6 Å². The first-order chi connectivity index (χ1) is 34.1. The molecule has 0 saturated heterocycles. The minimum Gasteiger partial charge on any atom is -0.396 e. The van der Waals surface area contributed by atoms with Gasteiger partial charge in [-0.1, -0.05) is 132 Å². The van der Waals surface area contributed by atoms with E-state index in [0.29, 0.717) is 76.7 Å². The maximum absolute atomic E-state index is 13.6. The fraction of sp³-hybridized carbons (Fsp3) is 0.871. The monoisotopic (exact) mass is 1150 g/mol. The number of aliphatic hydroxyl groups is 1. The molecular formula is C62H132N10O8. The lowest BCUT2D eigenvalue weighted by Crippen LogP contribution is -2.53. The second-order valence-electron chi connectivity index (χ2n) is 22.0. The number of nitrogens with two attached hydrogens (primary N) is 2. The molecule has 0 aromatic carbocycles. The summed E-state index contributed by atoms with van der Waals surface area (Å²) in [5.74, 6) is 1.29. The van der Waals surface area contributed by atoms with E-state index in [1.807, 2.05) is 0 Å². The molecule has 0 spiro atoms. The Balaban J connectivity index is -0.00000152. The summed E-state index contributed by atoms with van der Waals surface area (Å²) >= 11 is 0. The van der Waals surface area contributed by atoms with Crippen molar-refractivity contribution in [2.24, 2.45) is 57.8 Å². The van der Waals surface area contributed by atoms with Crippen LogP contribution in [0.15, 0.2) is 11.6 Å². The lowest BCUT2D eigenvalue weighted by molar-refractivity contribution is -0.134. The molecule has 0 aliphatic heterocycles. The van der Waals surface area contributed by atoms with Gasteiger partial charge in [-0.3, -0.25) is 28.8 Å². The van der Waals surface area contributed by atoms with Crippen molar-refractivity contribution in [3.05, 3.63) is 11.6 Å². The molecule has 0 aromatic rings. The normalized spacial score (nSPS) is 23.0. The van der Waals surface area contributed by atoms with Gasteiger partial charge < -0.3 is 63.8 Å². The van der Waals surface area contributed by atoms with E-state index in [-0.39, 0.29) is 130 Å².